The van der Waals surface area contributed by atoms with Gasteiger partial charge in [-0.3, -0.25) is 19.7 Å². The van der Waals surface area contributed by atoms with Gasteiger partial charge in [-0.15, -0.1) is 0 Å². The summed E-state index contributed by atoms with van der Waals surface area (Å²) in [4.78, 5) is 37.4. The lowest BCUT2D eigenvalue weighted by molar-refractivity contribution is -0.134. The van der Waals surface area contributed by atoms with Crippen LogP contribution < -0.4 is 15.5 Å². The van der Waals surface area contributed by atoms with Crippen molar-refractivity contribution in [3.63, 3.8) is 0 Å². The number of nitrogens with zero attached hydrogens (tertiary/aromatic N) is 1. The molecule has 0 saturated carbocycles. The molecule has 1 aromatic carbocycles. The van der Waals surface area contributed by atoms with Gasteiger partial charge in [0.05, 0.1) is 18.8 Å². The summed E-state index contributed by atoms with van der Waals surface area (Å²) in [5.74, 6) is -1.90. The summed E-state index contributed by atoms with van der Waals surface area (Å²) in [7, 11) is 0. The second-order valence-corrected chi connectivity index (χ2v) is 7.58. The number of anilines is 1. The normalized spacial score (nSPS) is 23.9. The minimum absolute atomic E-state index is 0.124. The molecule has 3 aliphatic rings. The molecule has 0 aliphatic carbocycles. The first-order valence-corrected chi connectivity index (χ1v) is 9.93. The van der Waals surface area contributed by atoms with Gasteiger partial charge < -0.3 is 19.7 Å². The smallest absolute Gasteiger partial charge is 0.254 e. The SMILES string of the molecule is O=C1CC[C@H](NC(=O)c2ccc(N3CCC(C4OCCO4)CC3)cc2F)C(=O)N1. The van der Waals surface area contributed by atoms with E-state index in [9.17, 15) is 18.8 Å². The summed E-state index contributed by atoms with van der Waals surface area (Å²) in [6, 6.07) is 3.66. The monoisotopic (exact) mass is 405 g/mol. The highest BCUT2D eigenvalue weighted by molar-refractivity contribution is 6.03. The van der Waals surface area contributed by atoms with Crippen LogP contribution in [-0.4, -0.2) is 56.4 Å². The van der Waals surface area contributed by atoms with Crippen molar-refractivity contribution < 1.29 is 28.2 Å². The largest absolute Gasteiger partial charge is 0.371 e. The Morgan fingerprint density at radius 1 is 1.14 bits per heavy atom. The lowest BCUT2D eigenvalue weighted by atomic mass is 9.95. The zero-order chi connectivity index (χ0) is 20.4. The van der Waals surface area contributed by atoms with Crippen LogP contribution in [0.2, 0.25) is 0 Å². The first-order chi connectivity index (χ1) is 14.0. The predicted octanol–water partition coefficient (Wildman–Crippen LogP) is 0.950. The van der Waals surface area contributed by atoms with Gasteiger partial charge in [0.2, 0.25) is 11.8 Å². The van der Waals surface area contributed by atoms with Crippen LogP contribution in [0.15, 0.2) is 18.2 Å². The van der Waals surface area contributed by atoms with Gasteiger partial charge in [-0.05, 0) is 37.5 Å². The van der Waals surface area contributed by atoms with Crippen molar-refractivity contribution in [3.8, 4) is 0 Å². The first kappa shape index (κ1) is 19.8. The highest BCUT2D eigenvalue weighted by atomic mass is 19.1. The topological polar surface area (TPSA) is 97.0 Å². The summed E-state index contributed by atoms with van der Waals surface area (Å²) in [5.41, 5.74) is 0.591. The van der Waals surface area contributed by atoms with Crippen LogP contribution in [0.25, 0.3) is 0 Å². The predicted molar refractivity (Wildman–Crippen MR) is 101 cm³/mol. The Labute approximate surface area is 167 Å². The summed E-state index contributed by atoms with van der Waals surface area (Å²) in [6.07, 6.45) is 2.01. The van der Waals surface area contributed by atoms with Gasteiger partial charge in [-0.2, -0.15) is 0 Å². The molecule has 8 nitrogen and oxygen atoms in total. The fraction of sp³-hybridized carbons (Fsp3) is 0.550. The fourth-order valence-corrected chi connectivity index (χ4v) is 4.03. The lowest BCUT2D eigenvalue weighted by Crippen LogP contribution is -2.52. The molecule has 2 N–H and O–H groups in total. The Morgan fingerprint density at radius 3 is 2.52 bits per heavy atom. The third-order valence-corrected chi connectivity index (χ3v) is 5.68. The van der Waals surface area contributed by atoms with Crippen molar-refractivity contribution in [2.45, 2.75) is 38.0 Å². The molecule has 156 valence electrons. The molecule has 9 heteroatoms. The number of rotatable bonds is 4. The van der Waals surface area contributed by atoms with E-state index in [4.69, 9.17) is 9.47 Å². The summed E-state index contributed by atoms with van der Waals surface area (Å²) < 4.78 is 25.8. The molecule has 3 aliphatic heterocycles. The number of hydrogen-bond donors (Lipinski definition) is 2. The fourth-order valence-electron chi connectivity index (χ4n) is 4.03. The molecule has 3 saturated heterocycles. The van der Waals surface area contributed by atoms with Crippen LogP contribution in [0.1, 0.15) is 36.0 Å². The highest BCUT2D eigenvalue weighted by Crippen LogP contribution is 2.29. The molecule has 0 spiro atoms. The van der Waals surface area contributed by atoms with Crippen LogP contribution in [0.4, 0.5) is 10.1 Å². The number of nitrogens with one attached hydrogen (secondary N) is 2. The maximum atomic E-state index is 14.6. The molecule has 3 heterocycles. The van der Waals surface area contributed by atoms with Gasteiger partial charge in [0.25, 0.3) is 5.91 Å². The standard InChI is InChI=1S/C20H24FN3O5/c21-15-11-13(24-7-5-12(6-8-24)20-28-9-10-29-20)1-2-14(15)18(26)22-16-3-4-17(25)23-19(16)27/h1-2,11-12,16,20H,3-10H2,(H,22,26)(H,23,25,27)/t16-/m0/s1. The van der Waals surface area contributed by atoms with Crippen LogP contribution >= 0.6 is 0 Å². The molecule has 3 amide bonds. The first-order valence-electron chi connectivity index (χ1n) is 9.93. The Morgan fingerprint density at radius 2 is 1.86 bits per heavy atom. The minimum Gasteiger partial charge on any atom is -0.371 e. The van der Waals surface area contributed by atoms with Gasteiger partial charge in [-0.1, -0.05) is 0 Å². The summed E-state index contributed by atoms with van der Waals surface area (Å²) >= 11 is 0. The molecule has 0 unspecified atom stereocenters. The van der Waals surface area contributed by atoms with E-state index in [1.165, 1.54) is 12.1 Å². The molecule has 0 radical (unpaired) electrons. The lowest BCUT2D eigenvalue weighted by Gasteiger charge is -2.35. The van der Waals surface area contributed by atoms with E-state index in [0.29, 0.717) is 24.8 Å². The summed E-state index contributed by atoms with van der Waals surface area (Å²) in [5, 5.41) is 4.66. The zero-order valence-electron chi connectivity index (χ0n) is 16.0. The van der Waals surface area contributed by atoms with Gasteiger partial charge in [-0.25, -0.2) is 4.39 Å². The van der Waals surface area contributed by atoms with Crippen molar-refractivity contribution >= 4 is 23.4 Å². The van der Waals surface area contributed by atoms with Crippen molar-refractivity contribution in [1.29, 1.82) is 0 Å². The van der Waals surface area contributed by atoms with Crippen LogP contribution in [-0.2, 0) is 19.1 Å². The van der Waals surface area contributed by atoms with Crippen molar-refractivity contribution in [3.05, 3.63) is 29.6 Å². The van der Waals surface area contributed by atoms with E-state index in [1.54, 1.807) is 6.07 Å². The van der Waals surface area contributed by atoms with E-state index in [-0.39, 0.29) is 30.6 Å². The number of benzene rings is 1. The minimum atomic E-state index is -0.835. The Balaban J connectivity index is 1.36. The van der Waals surface area contributed by atoms with Gasteiger partial charge in [0, 0.05) is 31.1 Å². The third kappa shape index (κ3) is 4.40. The molecule has 29 heavy (non-hydrogen) atoms. The molecule has 3 fully saturated rings. The maximum Gasteiger partial charge on any atom is 0.254 e. The average Bonchev–Trinajstić information content (AvgIpc) is 3.25. The molecular formula is C20H24FN3O5. The number of carbonyl (C=O) groups excluding carboxylic acids is 3. The van der Waals surface area contributed by atoms with Gasteiger partial charge in [0.1, 0.15) is 11.9 Å². The van der Waals surface area contributed by atoms with Gasteiger partial charge in [0.15, 0.2) is 6.29 Å². The zero-order valence-corrected chi connectivity index (χ0v) is 16.0. The number of ether oxygens (including phenoxy) is 2. The quantitative estimate of drug-likeness (QED) is 0.724. The van der Waals surface area contributed by atoms with Crippen molar-refractivity contribution in [2.75, 3.05) is 31.2 Å². The van der Waals surface area contributed by atoms with Crippen molar-refractivity contribution in [1.82, 2.24) is 10.6 Å². The highest BCUT2D eigenvalue weighted by Gasteiger charge is 2.31. The molecule has 1 aromatic rings. The van der Waals surface area contributed by atoms with Crippen LogP contribution in [0, 0.1) is 11.7 Å². The molecule has 0 bridgehead atoms. The number of amides is 3. The van der Waals surface area contributed by atoms with E-state index in [0.717, 1.165) is 25.9 Å². The van der Waals surface area contributed by atoms with E-state index in [1.807, 2.05) is 0 Å². The maximum absolute atomic E-state index is 14.6. The summed E-state index contributed by atoms with van der Waals surface area (Å²) in [6.45, 7) is 2.79. The van der Waals surface area contributed by atoms with Crippen LogP contribution in [0.3, 0.4) is 0 Å². The number of halogens is 1. The van der Waals surface area contributed by atoms with Crippen LogP contribution in [0.5, 0.6) is 0 Å². The number of piperidine rings is 2. The number of carbonyl (C=O) groups is 3. The molecular weight excluding hydrogens is 381 g/mol. The van der Waals surface area contributed by atoms with Gasteiger partial charge >= 0.3 is 0 Å². The Bertz CT molecular complexity index is 803. The second kappa shape index (κ2) is 8.46. The third-order valence-electron chi connectivity index (χ3n) is 5.68. The molecule has 1 atom stereocenters. The van der Waals surface area contributed by atoms with E-state index >= 15 is 0 Å². The molecule has 0 aromatic heterocycles. The molecule has 4 rings (SSSR count). The Hall–Kier alpha value is -2.52. The number of hydrogen-bond acceptors (Lipinski definition) is 6. The Kier molecular flexibility index (Phi) is 5.77. The average molecular weight is 405 g/mol. The second-order valence-electron chi connectivity index (χ2n) is 7.58. The van der Waals surface area contributed by atoms with Crippen molar-refractivity contribution in [2.24, 2.45) is 5.92 Å². The number of imide groups is 1. The van der Waals surface area contributed by atoms with E-state index in [2.05, 4.69) is 15.5 Å². The van der Waals surface area contributed by atoms with E-state index < -0.39 is 23.7 Å².